The minimum atomic E-state index is 0.274. The third-order valence-electron chi connectivity index (χ3n) is 2.71. The zero-order chi connectivity index (χ0) is 13.1. The molecular formula is C15H23NO2. The van der Waals surface area contributed by atoms with Gasteiger partial charge in [-0.3, -0.25) is 5.32 Å². The zero-order valence-electron chi connectivity index (χ0n) is 10.9. The van der Waals surface area contributed by atoms with Gasteiger partial charge in [-0.15, -0.1) is 0 Å². The summed E-state index contributed by atoms with van der Waals surface area (Å²) in [5.74, 6) is 0. The number of aliphatic hydroxyl groups excluding tert-OH is 1. The molecule has 2 radical (unpaired) electrons. The van der Waals surface area contributed by atoms with E-state index < -0.39 is 0 Å². The fourth-order valence-corrected chi connectivity index (χ4v) is 1.70. The van der Waals surface area contributed by atoms with Gasteiger partial charge < -0.3 is 9.84 Å². The summed E-state index contributed by atoms with van der Waals surface area (Å²) in [6.45, 7) is 7.97. The lowest BCUT2D eigenvalue weighted by Crippen LogP contribution is -2.17. The predicted molar refractivity (Wildman–Crippen MR) is 73.0 cm³/mol. The SMILES string of the molecule is [CH]Cc1cccc(CNCOCCCCCO)c1. The Morgan fingerprint density at radius 2 is 2.00 bits per heavy atom. The maximum atomic E-state index is 8.61. The molecule has 0 saturated heterocycles. The summed E-state index contributed by atoms with van der Waals surface area (Å²) in [5.41, 5.74) is 2.38. The number of unbranched alkanes of at least 4 members (excludes halogenated alkanes) is 2. The molecule has 0 bridgehead atoms. The minimum Gasteiger partial charge on any atom is -0.396 e. The van der Waals surface area contributed by atoms with E-state index in [1.807, 2.05) is 12.1 Å². The van der Waals surface area contributed by atoms with Crippen molar-refractivity contribution in [2.75, 3.05) is 19.9 Å². The van der Waals surface area contributed by atoms with Crippen LogP contribution in [0.1, 0.15) is 30.4 Å². The maximum absolute atomic E-state index is 8.61. The lowest BCUT2D eigenvalue weighted by atomic mass is 10.1. The standard InChI is InChI=1S/C15H23NO2/c1-2-14-7-6-8-15(11-14)12-16-13-18-10-5-3-4-9-17/h1,6-8,11,16-17H,2-5,9-10,12-13H2. The third-order valence-corrected chi connectivity index (χ3v) is 2.71. The van der Waals surface area contributed by atoms with E-state index in [0.717, 1.165) is 38.0 Å². The first kappa shape index (κ1) is 15.2. The van der Waals surface area contributed by atoms with Crippen LogP contribution in [0.2, 0.25) is 0 Å². The van der Waals surface area contributed by atoms with Crippen LogP contribution in [0.25, 0.3) is 0 Å². The molecule has 0 aromatic heterocycles. The van der Waals surface area contributed by atoms with Gasteiger partial charge in [0.15, 0.2) is 0 Å². The Morgan fingerprint density at radius 3 is 2.78 bits per heavy atom. The first-order chi connectivity index (χ1) is 8.86. The summed E-state index contributed by atoms with van der Waals surface area (Å²) >= 11 is 0. The lowest BCUT2D eigenvalue weighted by Gasteiger charge is -2.07. The number of hydrogen-bond acceptors (Lipinski definition) is 3. The Balaban J connectivity index is 2.03. The average Bonchev–Trinajstić information content (AvgIpc) is 2.42. The van der Waals surface area contributed by atoms with Gasteiger partial charge in [-0.25, -0.2) is 0 Å². The van der Waals surface area contributed by atoms with E-state index in [4.69, 9.17) is 16.8 Å². The molecule has 0 amide bonds. The van der Waals surface area contributed by atoms with Gasteiger partial charge >= 0.3 is 0 Å². The molecular weight excluding hydrogens is 226 g/mol. The van der Waals surface area contributed by atoms with Crippen LogP contribution >= 0.6 is 0 Å². The largest absolute Gasteiger partial charge is 0.396 e. The molecule has 1 aromatic carbocycles. The number of rotatable bonds is 10. The number of ether oxygens (including phenoxy) is 1. The van der Waals surface area contributed by atoms with Gasteiger partial charge in [0.2, 0.25) is 0 Å². The Morgan fingerprint density at radius 1 is 1.17 bits per heavy atom. The van der Waals surface area contributed by atoms with E-state index in [0.29, 0.717) is 13.2 Å². The molecule has 1 rings (SSSR count). The zero-order valence-corrected chi connectivity index (χ0v) is 10.9. The Labute approximate surface area is 110 Å². The van der Waals surface area contributed by atoms with Crippen molar-refractivity contribution in [3.63, 3.8) is 0 Å². The maximum Gasteiger partial charge on any atom is 0.0967 e. The summed E-state index contributed by atoms with van der Waals surface area (Å²) in [6, 6.07) is 8.23. The Kier molecular flexibility index (Phi) is 8.47. The van der Waals surface area contributed by atoms with Gasteiger partial charge in [0.1, 0.15) is 0 Å². The number of benzene rings is 1. The molecule has 0 aliphatic carbocycles. The van der Waals surface area contributed by atoms with E-state index in [1.165, 1.54) is 5.56 Å². The van der Waals surface area contributed by atoms with E-state index in [-0.39, 0.29) is 6.61 Å². The van der Waals surface area contributed by atoms with Crippen LogP contribution in [0, 0.1) is 6.92 Å². The number of hydrogen-bond donors (Lipinski definition) is 2. The normalized spacial score (nSPS) is 10.8. The quantitative estimate of drug-likeness (QED) is 0.493. The van der Waals surface area contributed by atoms with Crippen LogP contribution in [0.15, 0.2) is 24.3 Å². The minimum absolute atomic E-state index is 0.274. The highest BCUT2D eigenvalue weighted by Gasteiger charge is 1.95. The first-order valence-corrected chi connectivity index (χ1v) is 6.54. The van der Waals surface area contributed by atoms with Crippen molar-refractivity contribution >= 4 is 0 Å². The molecule has 0 fully saturated rings. The second kappa shape index (κ2) is 10.1. The molecule has 3 heteroatoms. The molecule has 0 aliphatic rings. The van der Waals surface area contributed by atoms with Gasteiger partial charge in [0.05, 0.1) is 6.73 Å². The topological polar surface area (TPSA) is 41.5 Å². The van der Waals surface area contributed by atoms with Crippen LogP contribution in [0.5, 0.6) is 0 Å². The molecule has 0 atom stereocenters. The monoisotopic (exact) mass is 249 g/mol. The van der Waals surface area contributed by atoms with Gasteiger partial charge in [-0.05, 0) is 43.7 Å². The van der Waals surface area contributed by atoms with Crippen LogP contribution < -0.4 is 5.32 Å². The van der Waals surface area contributed by atoms with E-state index in [2.05, 4.69) is 17.4 Å². The smallest absolute Gasteiger partial charge is 0.0967 e. The van der Waals surface area contributed by atoms with E-state index in [9.17, 15) is 0 Å². The summed E-state index contributed by atoms with van der Waals surface area (Å²) < 4.78 is 5.44. The Hall–Kier alpha value is -0.900. The first-order valence-electron chi connectivity index (χ1n) is 6.54. The molecule has 100 valence electrons. The predicted octanol–water partition coefficient (Wildman–Crippen LogP) is 2.17. The van der Waals surface area contributed by atoms with Gasteiger partial charge in [-0.1, -0.05) is 24.3 Å². The van der Waals surface area contributed by atoms with Crippen LogP contribution in [-0.4, -0.2) is 25.1 Å². The number of nitrogens with one attached hydrogen (secondary N) is 1. The van der Waals surface area contributed by atoms with Gasteiger partial charge in [0.25, 0.3) is 0 Å². The van der Waals surface area contributed by atoms with Crippen LogP contribution in [0.4, 0.5) is 0 Å². The fourth-order valence-electron chi connectivity index (χ4n) is 1.70. The molecule has 2 N–H and O–H groups in total. The highest BCUT2D eigenvalue weighted by atomic mass is 16.5. The van der Waals surface area contributed by atoms with Crippen molar-refractivity contribution in [3.8, 4) is 0 Å². The van der Waals surface area contributed by atoms with Crippen molar-refractivity contribution in [2.24, 2.45) is 0 Å². The summed E-state index contributed by atoms with van der Waals surface area (Å²) in [7, 11) is 0. The molecule has 18 heavy (non-hydrogen) atoms. The molecule has 0 aliphatic heterocycles. The molecule has 1 aromatic rings. The average molecular weight is 249 g/mol. The molecule has 3 nitrogen and oxygen atoms in total. The van der Waals surface area contributed by atoms with Crippen molar-refractivity contribution in [1.29, 1.82) is 0 Å². The van der Waals surface area contributed by atoms with Crippen molar-refractivity contribution in [2.45, 2.75) is 32.2 Å². The fraction of sp³-hybridized carbons (Fsp3) is 0.533. The van der Waals surface area contributed by atoms with E-state index in [1.54, 1.807) is 0 Å². The second-order valence-corrected chi connectivity index (χ2v) is 4.29. The van der Waals surface area contributed by atoms with Crippen molar-refractivity contribution in [1.82, 2.24) is 5.32 Å². The highest BCUT2D eigenvalue weighted by Crippen LogP contribution is 2.05. The highest BCUT2D eigenvalue weighted by molar-refractivity contribution is 5.23. The summed E-state index contributed by atoms with van der Waals surface area (Å²) in [6.07, 6.45) is 3.47. The summed E-state index contributed by atoms with van der Waals surface area (Å²) in [5, 5.41) is 11.8. The molecule has 0 heterocycles. The summed E-state index contributed by atoms with van der Waals surface area (Å²) in [4.78, 5) is 0. The molecule has 0 saturated carbocycles. The Bertz CT molecular complexity index is 315. The van der Waals surface area contributed by atoms with Crippen LogP contribution in [-0.2, 0) is 17.7 Å². The third kappa shape index (κ3) is 6.74. The molecule has 0 spiro atoms. The molecule has 0 unspecified atom stereocenters. The van der Waals surface area contributed by atoms with Gasteiger partial charge in [0, 0.05) is 19.8 Å². The van der Waals surface area contributed by atoms with E-state index >= 15 is 0 Å². The lowest BCUT2D eigenvalue weighted by molar-refractivity contribution is 0.110. The second-order valence-electron chi connectivity index (χ2n) is 4.29. The number of aliphatic hydroxyl groups is 1. The van der Waals surface area contributed by atoms with Crippen LogP contribution in [0.3, 0.4) is 0 Å². The van der Waals surface area contributed by atoms with Crippen molar-refractivity contribution < 1.29 is 9.84 Å². The van der Waals surface area contributed by atoms with Gasteiger partial charge in [-0.2, -0.15) is 0 Å². The van der Waals surface area contributed by atoms with Crippen molar-refractivity contribution in [3.05, 3.63) is 42.3 Å².